The Bertz CT molecular complexity index is 1060. The van der Waals surface area contributed by atoms with Crippen LogP contribution in [0.2, 0.25) is 0 Å². The molecule has 0 unspecified atom stereocenters. The van der Waals surface area contributed by atoms with E-state index in [0.29, 0.717) is 35.6 Å². The Morgan fingerprint density at radius 3 is 2.69 bits per heavy atom. The van der Waals surface area contributed by atoms with Crippen LogP contribution in [-0.2, 0) is 11.3 Å². The number of aromatic nitrogens is 2. The molecule has 0 bridgehead atoms. The highest BCUT2D eigenvalue weighted by atomic mass is 19.1. The minimum absolute atomic E-state index is 0.0392. The van der Waals surface area contributed by atoms with Crippen LogP contribution in [0.1, 0.15) is 18.5 Å². The van der Waals surface area contributed by atoms with Gasteiger partial charge in [-0.15, -0.1) is 0 Å². The van der Waals surface area contributed by atoms with Crippen LogP contribution < -0.4 is 16.0 Å². The van der Waals surface area contributed by atoms with Gasteiger partial charge in [-0.3, -0.25) is 9.20 Å². The molecule has 0 spiro atoms. The third-order valence-corrected chi connectivity index (χ3v) is 4.81. The Kier molecular flexibility index (Phi) is 5.11. The number of piperidine rings is 1. The second-order valence-electron chi connectivity index (χ2n) is 6.80. The second kappa shape index (κ2) is 7.86. The summed E-state index contributed by atoms with van der Waals surface area (Å²) in [5.74, 6) is -1.05. The molecule has 1 atom stereocenters. The van der Waals surface area contributed by atoms with E-state index in [1.165, 1.54) is 30.5 Å². The van der Waals surface area contributed by atoms with Crippen molar-refractivity contribution < 1.29 is 18.4 Å². The summed E-state index contributed by atoms with van der Waals surface area (Å²) in [7, 11) is 0. The first-order valence-electron chi connectivity index (χ1n) is 9.26. The quantitative estimate of drug-likeness (QED) is 0.629. The van der Waals surface area contributed by atoms with E-state index in [1.54, 1.807) is 16.5 Å². The molecule has 3 aromatic rings. The summed E-state index contributed by atoms with van der Waals surface area (Å²) >= 11 is 0. The van der Waals surface area contributed by atoms with E-state index >= 15 is 0 Å². The Balaban J connectivity index is 1.59. The molecule has 7 nitrogen and oxygen atoms in total. The van der Waals surface area contributed by atoms with Crippen molar-refractivity contribution in [2.45, 2.75) is 25.4 Å². The van der Waals surface area contributed by atoms with Crippen molar-refractivity contribution in [3.63, 3.8) is 0 Å². The Morgan fingerprint density at radius 2 is 1.93 bits per heavy atom. The summed E-state index contributed by atoms with van der Waals surface area (Å²) in [5, 5.41) is 8.05. The van der Waals surface area contributed by atoms with E-state index in [-0.39, 0.29) is 18.3 Å². The predicted octanol–water partition coefficient (Wildman–Crippen LogP) is 2.36. The van der Waals surface area contributed by atoms with E-state index in [2.05, 4.69) is 20.9 Å². The second-order valence-corrected chi connectivity index (χ2v) is 6.80. The summed E-state index contributed by atoms with van der Waals surface area (Å²) in [4.78, 5) is 28.6. The summed E-state index contributed by atoms with van der Waals surface area (Å²) in [6.45, 7) is 0.643. The Hall–Kier alpha value is -3.49. The molecule has 1 aromatic carbocycles. The van der Waals surface area contributed by atoms with Gasteiger partial charge in [0.25, 0.3) is 0 Å². The first-order chi connectivity index (χ1) is 14.0. The number of hydrogen-bond donors (Lipinski definition) is 3. The number of hydrogen-bond acceptors (Lipinski definition) is 3. The highest BCUT2D eigenvalue weighted by molar-refractivity contribution is 5.87. The van der Waals surface area contributed by atoms with Crippen molar-refractivity contribution in [3.05, 3.63) is 59.9 Å². The van der Waals surface area contributed by atoms with Crippen LogP contribution in [0.25, 0.3) is 16.9 Å². The van der Waals surface area contributed by atoms with Gasteiger partial charge in [0.15, 0.2) is 0 Å². The lowest BCUT2D eigenvalue weighted by molar-refractivity contribution is -0.124. The van der Waals surface area contributed by atoms with E-state index in [1.807, 2.05) is 0 Å². The average Bonchev–Trinajstić information content (AvgIpc) is 3.06. The van der Waals surface area contributed by atoms with Crippen molar-refractivity contribution >= 4 is 17.6 Å². The Labute approximate surface area is 165 Å². The van der Waals surface area contributed by atoms with Crippen LogP contribution >= 0.6 is 0 Å². The minimum Gasteiger partial charge on any atom is -0.354 e. The molecule has 4 rings (SSSR count). The third kappa shape index (κ3) is 4.03. The van der Waals surface area contributed by atoms with E-state index < -0.39 is 17.9 Å². The largest absolute Gasteiger partial charge is 0.354 e. The zero-order valence-corrected chi connectivity index (χ0v) is 15.4. The number of rotatable bonds is 4. The number of carbonyl (C=O) groups excluding carboxylic acids is 2. The van der Waals surface area contributed by atoms with Crippen molar-refractivity contribution in [1.82, 2.24) is 25.3 Å². The smallest absolute Gasteiger partial charge is 0.315 e. The van der Waals surface area contributed by atoms with E-state index in [0.717, 1.165) is 6.42 Å². The summed E-state index contributed by atoms with van der Waals surface area (Å²) in [5.41, 5.74) is 2.18. The molecule has 1 saturated heterocycles. The molecular weight excluding hydrogens is 380 g/mol. The molecule has 1 aliphatic rings. The lowest BCUT2D eigenvalue weighted by Crippen LogP contribution is -2.52. The average molecular weight is 399 g/mol. The number of nitrogens with one attached hydrogen (secondary N) is 3. The van der Waals surface area contributed by atoms with Gasteiger partial charge >= 0.3 is 6.03 Å². The molecule has 0 saturated carbocycles. The molecule has 0 aliphatic carbocycles. The van der Waals surface area contributed by atoms with Crippen LogP contribution in [-0.4, -0.2) is 33.9 Å². The molecule has 150 valence electrons. The van der Waals surface area contributed by atoms with Crippen molar-refractivity contribution in [2.24, 2.45) is 0 Å². The van der Waals surface area contributed by atoms with Crippen LogP contribution in [0.15, 0.2) is 42.6 Å². The lowest BCUT2D eigenvalue weighted by Gasteiger charge is -2.22. The summed E-state index contributed by atoms with van der Waals surface area (Å²) in [6.07, 6.45) is 2.64. The standard InChI is InChI=1S/C20H19F2N5O2/c21-13-5-3-12(4-6-13)18-16(27-11-14(22)7-8-17(27)26-18)10-24-20(29)25-15-2-1-9-23-19(15)28/h3-8,11,15H,1-2,9-10H2,(H,23,28)(H2,24,25,29)/t15-/m0/s1. The number of imidazole rings is 1. The van der Waals surface area contributed by atoms with Gasteiger partial charge in [-0.05, 0) is 49.2 Å². The van der Waals surface area contributed by atoms with Crippen molar-refractivity contribution in [3.8, 4) is 11.3 Å². The fourth-order valence-electron chi connectivity index (χ4n) is 3.36. The lowest BCUT2D eigenvalue weighted by atomic mass is 10.1. The first-order valence-corrected chi connectivity index (χ1v) is 9.26. The Morgan fingerprint density at radius 1 is 1.17 bits per heavy atom. The summed E-state index contributed by atoms with van der Waals surface area (Å²) in [6, 6.07) is 7.49. The zero-order valence-electron chi connectivity index (χ0n) is 15.4. The van der Waals surface area contributed by atoms with E-state index in [9.17, 15) is 18.4 Å². The number of urea groups is 1. The molecular formula is C20H19F2N5O2. The zero-order chi connectivity index (χ0) is 20.4. The van der Waals surface area contributed by atoms with Gasteiger partial charge in [-0.25, -0.2) is 18.6 Å². The number of halogens is 2. The molecule has 3 amide bonds. The first kappa shape index (κ1) is 18.9. The van der Waals surface area contributed by atoms with Gasteiger partial charge in [-0.1, -0.05) is 0 Å². The normalized spacial score (nSPS) is 16.5. The maximum Gasteiger partial charge on any atom is 0.315 e. The third-order valence-electron chi connectivity index (χ3n) is 4.81. The van der Waals surface area contributed by atoms with Gasteiger partial charge in [-0.2, -0.15) is 0 Å². The van der Waals surface area contributed by atoms with Gasteiger partial charge < -0.3 is 16.0 Å². The van der Waals surface area contributed by atoms with Crippen LogP contribution in [0.5, 0.6) is 0 Å². The number of carbonyl (C=O) groups is 2. The number of amides is 3. The number of pyridine rings is 1. The number of fused-ring (bicyclic) bond motifs is 1. The van der Waals surface area contributed by atoms with Crippen LogP contribution in [0.4, 0.5) is 13.6 Å². The molecule has 1 aliphatic heterocycles. The van der Waals surface area contributed by atoms with Gasteiger partial charge in [0.1, 0.15) is 23.3 Å². The molecule has 2 aromatic heterocycles. The van der Waals surface area contributed by atoms with Crippen molar-refractivity contribution in [1.29, 1.82) is 0 Å². The predicted molar refractivity (Wildman–Crippen MR) is 102 cm³/mol. The van der Waals surface area contributed by atoms with Crippen molar-refractivity contribution in [2.75, 3.05) is 6.54 Å². The molecule has 1 fully saturated rings. The van der Waals surface area contributed by atoms with Gasteiger partial charge in [0.05, 0.1) is 17.9 Å². The van der Waals surface area contributed by atoms with Crippen LogP contribution in [0.3, 0.4) is 0 Å². The topological polar surface area (TPSA) is 87.5 Å². The highest BCUT2D eigenvalue weighted by Gasteiger charge is 2.24. The van der Waals surface area contributed by atoms with E-state index in [4.69, 9.17) is 0 Å². The molecule has 3 N–H and O–H groups in total. The monoisotopic (exact) mass is 399 g/mol. The van der Waals surface area contributed by atoms with Crippen LogP contribution in [0, 0.1) is 11.6 Å². The SMILES string of the molecule is O=C(NCc1c(-c2ccc(F)cc2)nc2ccc(F)cn12)N[C@H]1CCCNC1=O. The highest BCUT2D eigenvalue weighted by Crippen LogP contribution is 2.25. The molecule has 0 radical (unpaired) electrons. The molecule has 9 heteroatoms. The van der Waals surface area contributed by atoms with Gasteiger partial charge in [0.2, 0.25) is 5.91 Å². The minimum atomic E-state index is -0.583. The summed E-state index contributed by atoms with van der Waals surface area (Å²) < 4.78 is 28.6. The fraction of sp³-hybridized carbons (Fsp3) is 0.250. The molecule has 3 heterocycles. The fourth-order valence-corrected chi connectivity index (χ4v) is 3.36. The maximum atomic E-state index is 13.8. The number of benzene rings is 1. The number of nitrogens with zero attached hydrogens (tertiary/aromatic N) is 2. The molecule has 29 heavy (non-hydrogen) atoms. The maximum absolute atomic E-state index is 13.8. The van der Waals surface area contributed by atoms with Gasteiger partial charge in [0, 0.05) is 18.3 Å².